The lowest BCUT2D eigenvalue weighted by atomic mass is 10.2. The number of nitrogens with zero attached hydrogens (tertiary/aromatic N) is 1. The van der Waals surface area contributed by atoms with Gasteiger partial charge in [-0.05, 0) is 6.42 Å². The van der Waals surface area contributed by atoms with Crippen molar-refractivity contribution in [3.8, 4) is 0 Å². The number of hydrogen-bond donors (Lipinski definition) is 2. The molecule has 98 valence electrons. The van der Waals surface area contributed by atoms with Gasteiger partial charge in [-0.2, -0.15) is 0 Å². The Hall–Kier alpha value is -2.25. The quantitative estimate of drug-likeness (QED) is 0.625. The minimum atomic E-state index is -1.27. The number of non-ortho nitro benzene ring substituents is 1. The molecule has 0 fully saturated rings. The second-order valence-corrected chi connectivity index (χ2v) is 3.48. The second kappa shape index (κ2) is 5.39. The normalized spacial score (nSPS) is 11.9. The number of benzene rings is 1. The maximum atomic E-state index is 13.4. The third-order valence-electron chi connectivity index (χ3n) is 2.26. The first-order chi connectivity index (χ1) is 8.36. The molecule has 0 radical (unpaired) electrons. The molecule has 0 aromatic heterocycles. The maximum absolute atomic E-state index is 13.4. The van der Waals surface area contributed by atoms with Crippen molar-refractivity contribution >= 4 is 17.3 Å². The summed E-state index contributed by atoms with van der Waals surface area (Å²) in [6, 6.07) is -0.115. The van der Waals surface area contributed by atoms with Crippen molar-refractivity contribution in [3.63, 3.8) is 0 Å². The summed E-state index contributed by atoms with van der Waals surface area (Å²) in [7, 11) is 0. The topological polar surface area (TPSA) is 92.5 Å². The average Bonchev–Trinajstić information content (AvgIpc) is 2.27. The van der Waals surface area contributed by atoms with Crippen LogP contribution in [0.25, 0.3) is 0 Å². The van der Waals surface area contributed by atoms with Crippen molar-refractivity contribution in [3.05, 3.63) is 33.9 Å². The van der Waals surface area contributed by atoms with E-state index in [9.17, 15) is 23.7 Å². The Morgan fingerprint density at radius 1 is 1.50 bits per heavy atom. The standard InChI is InChI=1S/C10H10F2N2O4/c1-2-8(10(15)16)13-9-6(11)3-5(14(17)18)4-7(9)12/h3-4,8,13H,2H2,1H3,(H,15,16). The highest BCUT2D eigenvalue weighted by Gasteiger charge is 2.22. The van der Waals surface area contributed by atoms with Crippen LogP contribution < -0.4 is 5.32 Å². The van der Waals surface area contributed by atoms with E-state index in [-0.39, 0.29) is 6.42 Å². The van der Waals surface area contributed by atoms with Crippen LogP contribution in [0.3, 0.4) is 0 Å². The highest BCUT2D eigenvalue weighted by molar-refractivity contribution is 5.77. The molecule has 1 unspecified atom stereocenters. The van der Waals surface area contributed by atoms with Crippen LogP contribution in [0.4, 0.5) is 20.2 Å². The fourth-order valence-corrected chi connectivity index (χ4v) is 1.32. The van der Waals surface area contributed by atoms with Gasteiger partial charge in [-0.3, -0.25) is 10.1 Å². The monoisotopic (exact) mass is 260 g/mol. The molecule has 8 heteroatoms. The fourth-order valence-electron chi connectivity index (χ4n) is 1.32. The molecule has 0 amide bonds. The Balaban J connectivity index is 3.10. The molecule has 0 aliphatic heterocycles. The van der Waals surface area contributed by atoms with Crippen molar-refractivity contribution in [2.24, 2.45) is 0 Å². The zero-order valence-electron chi connectivity index (χ0n) is 9.31. The van der Waals surface area contributed by atoms with Gasteiger partial charge in [0.05, 0.1) is 17.1 Å². The van der Waals surface area contributed by atoms with E-state index in [2.05, 4.69) is 5.32 Å². The Bertz CT molecular complexity index is 470. The molecule has 0 bridgehead atoms. The van der Waals surface area contributed by atoms with Gasteiger partial charge < -0.3 is 10.4 Å². The number of nitro groups is 1. The van der Waals surface area contributed by atoms with Gasteiger partial charge >= 0.3 is 5.97 Å². The summed E-state index contributed by atoms with van der Waals surface area (Å²) in [5, 5.41) is 21.3. The summed E-state index contributed by atoms with van der Waals surface area (Å²) in [5.41, 5.74) is -1.42. The van der Waals surface area contributed by atoms with Crippen LogP contribution in [0.15, 0.2) is 12.1 Å². The number of anilines is 1. The fraction of sp³-hybridized carbons (Fsp3) is 0.300. The van der Waals surface area contributed by atoms with Gasteiger partial charge in [0.25, 0.3) is 5.69 Å². The number of hydrogen-bond acceptors (Lipinski definition) is 4. The number of carboxylic acids is 1. The van der Waals surface area contributed by atoms with Crippen LogP contribution in [0, 0.1) is 21.7 Å². The molecule has 18 heavy (non-hydrogen) atoms. The summed E-state index contributed by atoms with van der Waals surface area (Å²) in [6.45, 7) is 1.52. The van der Waals surface area contributed by atoms with Crippen LogP contribution in [0.5, 0.6) is 0 Å². The summed E-state index contributed by atoms with van der Waals surface area (Å²) in [6.07, 6.45) is 0.102. The van der Waals surface area contributed by atoms with Gasteiger partial charge in [0, 0.05) is 0 Å². The highest BCUT2D eigenvalue weighted by atomic mass is 19.1. The average molecular weight is 260 g/mol. The highest BCUT2D eigenvalue weighted by Crippen LogP contribution is 2.25. The molecule has 0 saturated heterocycles. The Morgan fingerprint density at radius 3 is 2.33 bits per heavy atom. The molecule has 2 N–H and O–H groups in total. The lowest BCUT2D eigenvalue weighted by molar-refractivity contribution is -0.385. The Kier molecular flexibility index (Phi) is 4.13. The van der Waals surface area contributed by atoms with Gasteiger partial charge in [0.2, 0.25) is 0 Å². The lowest BCUT2D eigenvalue weighted by Crippen LogP contribution is -2.29. The molecule has 0 heterocycles. The van der Waals surface area contributed by atoms with Crippen molar-refractivity contribution in [1.29, 1.82) is 0 Å². The molecule has 0 saturated carbocycles. The first-order valence-corrected chi connectivity index (χ1v) is 4.99. The third-order valence-corrected chi connectivity index (χ3v) is 2.26. The molecule has 1 aromatic carbocycles. The Morgan fingerprint density at radius 2 is 2.00 bits per heavy atom. The molecular formula is C10H10F2N2O4. The number of nitrogens with one attached hydrogen (secondary N) is 1. The summed E-state index contributed by atoms with van der Waals surface area (Å²) in [5.74, 6) is -3.68. The van der Waals surface area contributed by atoms with E-state index in [1.807, 2.05) is 0 Å². The largest absolute Gasteiger partial charge is 0.480 e. The molecule has 1 aromatic rings. The van der Waals surface area contributed by atoms with Crippen LogP contribution in [0.1, 0.15) is 13.3 Å². The molecule has 1 atom stereocenters. The maximum Gasteiger partial charge on any atom is 0.326 e. The predicted octanol–water partition coefficient (Wildman–Crippen LogP) is 2.15. The van der Waals surface area contributed by atoms with E-state index in [4.69, 9.17) is 5.11 Å². The van der Waals surface area contributed by atoms with Crippen molar-refractivity contribution in [2.75, 3.05) is 5.32 Å². The van der Waals surface area contributed by atoms with Gasteiger partial charge in [-0.15, -0.1) is 0 Å². The Labute approximate surface area is 100 Å². The minimum absolute atomic E-state index is 0.102. The first-order valence-electron chi connectivity index (χ1n) is 4.99. The van der Waals surface area contributed by atoms with E-state index < -0.39 is 39.9 Å². The second-order valence-electron chi connectivity index (χ2n) is 3.48. The molecular weight excluding hydrogens is 250 g/mol. The van der Waals surface area contributed by atoms with Gasteiger partial charge in [0.1, 0.15) is 11.7 Å². The van der Waals surface area contributed by atoms with E-state index in [1.54, 1.807) is 0 Å². The molecule has 1 rings (SSSR count). The number of carbonyl (C=O) groups is 1. The van der Waals surface area contributed by atoms with Crippen LogP contribution in [0.2, 0.25) is 0 Å². The van der Waals surface area contributed by atoms with Gasteiger partial charge in [-0.1, -0.05) is 6.92 Å². The molecule has 6 nitrogen and oxygen atoms in total. The number of aliphatic carboxylic acids is 1. The predicted molar refractivity (Wildman–Crippen MR) is 58.3 cm³/mol. The van der Waals surface area contributed by atoms with Crippen molar-refractivity contribution in [1.82, 2.24) is 0 Å². The number of halogens is 2. The van der Waals surface area contributed by atoms with Crippen LogP contribution >= 0.6 is 0 Å². The number of nitro benzene ring substituents is 1. The molecule has 0 spiro atoms. The summed E-state index contributed by atoms with van der Waals surface area (Å²) >= 11 is 0. The molecule has 0 aliphatic carbocycles. The van der Waals surface area contributed by atoms with E-state index in [1.165, 1.54) is 6.92 Å². The number of rotatable bonds is 5. The SMILES string of the molecule is CCC(Nc1c(F)cc([N+](=O)[O-])cc1F)C(=O)O. The van der Waals surface area contributed by atoms with Crippen molar-refractivity contribution < 1.29 is 23.6 Å². The third kappa shape index (κ3) is 2.90. The lowest BCUT2D eigenvalue weighted by Gasteiger charge is -2.14. The summed E-state index contributed by atoms with van der Waals surface area (Å²) in [4.78, 5) is 20.1. The van der Waals surface area contributed by atoms with Gasteiger partial charge in [0.15, 0.2) is 11.6 Å². The van der Waals surface area contributed by atoms with E-state index in [0.29, 0.717) is 12.1 Å². The smallest absolute Gasteiger partial charge is 0.326 e. The van der Waals surface area contributed by atoms with Gasteiger partial charge in [-0.25, -0.2) is 13.6 Å². The summed E-state index contributed by atoms with van der Waals surface area (Å²) < 4.78 is 26.9. The van der Waals surface area contributed by atoms with E-state index >= 15 is 0 Å². The zero-order chi connectivity index (χ0) is 13.9. The minimum Gasteiger partial charge on any atom is -0.480 e. The van der Waals surface area contributed by atoms with Crippen LogP contribution in [-0.4, -0.2) is 22.0 Å². The first kappa shape index (κ1) is 13.8. The van der Waals surface area contributed by atoms with E-state index in [0.717, 1.165) is 0 Å². The van der Waals surface area contributed by atoms with Crippen molar-refractivity contribution in [2.45, 2.75) is 19.4 Å². The zero-order valence-corrected chi connectivity index (χ0v) is 9.31. The molecule has 0 aliphatic rings. The number of carboxylic acid groups (broad SMARTS) is 1. The van der Waals surface area contributed by atoms with Crippen LogP contribution in [-0.2, 0) is 4.79 Å².